The Labute approximate surface area is 166 Å². The molecule has 9 heteroatoms. The van der Waals surface area contributed by atoms with Crippen LogP contribution in [0.4, 0.5) is 24.5 Å². The van der Waals surface area contributed by atoms with Gasteiger partial charge in [0.15, 0.2) is 6.61 Å². The SMILES string of the molecule is COc1ccc(OCC(=O)Nc2cc(C(F)(F)F)ccc2N2CCOCC2)cc1. The van der Waals surface area contributed by atoms with Crippen molar-refractivity contribution in [2.45, 2.75) is 6.18 Å². The molecular weight excluding hydrogens is 389 g/mol. The highest BCUT2D eigenvalue weighted by molar-refractivity contribution is 5.95. The highest BCUT2D eigenvalue weighted by atomic mass is 19.4. The zero-order valence-corrected chi connectivity index (χ0v) is 15.8. The lowest BCUT2D eigenvalue weighted by Gasteiger charge is -2.31. The Kier molecular flexibility index (Phi) is 6.48. The van der Waals surface area contributed by atoms with Crippen LogP contribution in [0.2, 0.25) is 0 Å². The van der Waals surface area contributed by atoms with Crippen LogP contribution in [0.25, 0.3) is 0 Å². The number of amides is 1. The van der Waals surface area contributed by atoms with Crippen LogP contribution in [0.3, 0.4) is 0 Å². The van der Waals surface area contributed by atoms with Crippen LogP contribution in [-0.2, 0) is 15.7 Å². The molecule has 3 rings (SSSR count). The molecule has 0 radical (unpaired) electrons. The Bertz CT molecular complexity index is 835. The van der Waals surface area contributed by atoms with Crippen LogP contribution < -0.4 is 19.7 Å². The molecule has 6 nitrogen and oxygen atoms in total. The van der Waals surface area contributed by atoms with Gasteiger partial charge in [0.2, 0.25) is 0 Å². The number of anilines is 2. The molecule has 0 unspecified atom stereocenters. The molecule has 156 valence electrons. The highest BCUT2D eigenvalue weighted by Gasteiger charge is 2.32. The number of alkyl halides is 3. The van der Waals surface area contributed by atoms with Crippen LogP contribution in [0.1, 0.15) is 5.56 Å². The number of rotatable bonds is 6. The Morgan fingerprint density at radius 3 is 2.38 bits per heavy atom. The van der Waals surface area contributed by atoms with Gasteiger partial charge in [-0.25, -0.2) is 0 Å². The lowest BCUT2D eigenvalue weighted by molar-refractivity contribution is -0.137. The summed E-state index contributed by atoms with van der Waals surface area (Å²) in [7, 11) is 1.53. The maximum Gasteiger partial charge on any atom is 0.416 e. The summed E-state index contributed by atoms with van der Waals surface area (Å²) >= 11 is 0. The van der Waals surface area contributed by atoms with E-state index < -0.39 is 17.6 Å². The largest absolute Gasteiger partial charge is 0.497 e. The average Bonchev–Trinajstić information content (AvgIpc) is 2.72. The fourth-order valence-corrected chi connectivity index (χ4v) is 2.90. The lowest BCUT2D eigenvalue weighted by atomic mass is 10.1. The Hall–Kier alpha value is -2.94. The van der Waals surface area contributed by atoms with Gasteiger partial charge in [0.25, 0.3) is 5.91 Å². The topological polar surface area (TPSA) is 60.0 Å². The summed E-state index contributed by atoms with van der Waals surface area (Å²) in [6, 6.07) is 9.94. The van der Waals surface area contributed by atoms with Gasteiger partial charge in [0, 0.05) is 13.1 Å². The number of nitrogens with one attached hydrogen (secondary N) is 1. The number of benzene rings is 2. The summed E-state index contributed by atoms with van der Waals surface area (Å²) in [5.41, 5.74) is -0.231. The maximum absolute atomic E-state index is 13.1. The number of hydrogen-bond acceptors (Lipinski definition) is 5. The quantitative estimate of drug-likeness (QED) is 0.789. The third-order valence-corrected chi connectivity index (χ3v) is 4.38. The van der Waals surface area contributed by atoms with Crippen LogP contribution in [0, 0.1) is 0 Å². The lowest BCUT2D eigenvalue weighted by Crippen LogP contribution is -2.37. The Balaban J connectivity index is 1.73. The zero-order valence-electron chi connectivity index (χ0n) is 15.8. The minimum Gasteiger partial charge on any atom is -0.497 e. The second-order valence-corrected chi connectivity index (χ2v) is 6.34. The molecule has 0 aromatic heterocycles. The molecular formula is C20H21F3N2O4. The molecule has 0 aliphatic carbocycles. The predicted molar refractivity (Wildman–Crippen MR) is 102 cm³/mol. The van der Waals surface area contributed by atoms with Gasteiger partial charge in [-0.05, 0) is 42.5 Å². The van der Waals surface area contributed by atoms with Crippen molar-refractivity contribution >= 4 is 17.3 Å². The van der Waals surface area contributed by atoms with E-state index in [1.165, 1.54) is 13.2 Å². The molecule has 1 amide bonds. The van der Waals surface area contributed by atoms with Crippen molar-refractivity contribution in [3.05, 3.63) is 48.0 Å². The molecule has 0 bridgehead atoms. The van der Waals surface area contributed by atoms with Crippen LogP contribution in [0.5, 0.6) is 11.5 Å². The second kappa shape index (κ2) is 9.04. The first-order valence-corrected chi connectivity index (χ1v) is 8.97. The monoisotopic (exact) mass is 410 g/mol. The highest BCUT2D eigenvalue weighted by Crippen LogP contribution is 2.35. The first-order chi connectivity index (χ1) is 13.9. The molecule has 1 saturated heterocycles. The smallest absolute Gasteiger partial charge is 0.416 e. The molecule has 1 heterocycles. The number of carbonyl (C=O) groups excluding carboxylic acids is 1. The fraction of sp³-hybridized carbons (Fsp3) is 0.350. The molecule has 2 aromatic rings. The zero-order chi connectivity index (χ0) is 20.9. The average molecular weight is 410 g/mol. The summed E-state index contributed by atoms with van der Waals surface area (Å²) < 4.78 is 55.1. The van der Waals surface area contributed by atoms with Gasteiger partial charge in [-0.2, -0.15) is 13.2 Å². The maximum atomic E-state index is 13.1. The van der Waals surface area contributed by atoms with Crippen molar-refractivity contribution in [2.24, 2.45) is 0 Å². The van der Waals surface area contributed by atoms with E-state index in [9.17, 15) is 18.0 Å². The summed E-state index contributed by atoms with van der Waals surface area (Å²) in [4.78, 5) is 14.2. The predicted octanol–water partition coefficient (Wildman–Crippen LogP) is 3.57. The van der Waals surface area contributed by atoms with E-state index in [4.69, 9.17) is 14.2 Å². The third kappa shape index (κ3) is 5.54. The summed E-state index contributed by atoms with van der Waals surface area (Å²) in [5, 5.41) is 2.54. The van der Waals surface area contributed by atoms with Gasteiger partial charge in [-0.3, -0.25) is 4.79 Å². The number of carbonyl (C=O) groups is 1. The van der Waals surface area contributed by atoms with Crippen molar-refractivity contribution in [1.82, 2.24) is 0 Å². The van der Waals surface area contributed by atoms with Gasteiger partial charge in [0.05, 0.1) is 37.3 Å². The number of hydrogen-bond donors (Lipinski definition) is 1. The molecule has 29 heavy (non-hydrogen) atoms. The number of morpholine rings is 1. The van der Waals surface area contributed by atoms with Crippen molar-refractivity contribution in [3.8, 4) is 11.5 Å². The van der Waals surface area contributed by atoms with Gasteiger partial charge < -0.3 is 24.4 Å². The van der Waals surface area contributed by atoms with E-state index in [-0.39, 0.29) is 12.3 Å². The van der Waals surface area contributed by atoms with Crippen LogP contribution in [-0.4, -0.2) is 45.9 Å². The van der Waals surface area contributed by atoms with Crippen LogP contribution >= 0.6 is 0 Å². The van der Waals surface area contributed by atoms with Crippen molar-refractivity contribution in [3.63, 3.8) is 0 Å². The van der Waals surface area contributed by atoms with Gasteiger partial charge in [-0.1, -0.05) is 0 Å². The Morgan fingerprint density at radius 1 is 1.10 bits per heavy atom. The Morgan fingerprint density at radius 2 is 1.76 bits per heavy atom. The van der Waals surface area contributed by atoms with E-state index in [0.29, 0.717) is 43.5 Å². The summed E-state index contributed by atoms with van der Waals surface area (Å²) in [6.07, 6.45) is -4.51. The van der Waals surface area contributed by atoms with Crippen molar-refractivity contribution in [2.75, 3.05) is 50.2 Å². The fourth-order valence-electron chi connectivity index (χ4n) is 2.90. The normalized spacial score (nSPS) is 14.4. The van der Waals surface area contributed by atoms with Crippen molar-refractivity contribution < 1.29 is 32.2 Å². The van der Waals surface area contributed by atoms with Gasteiger partial charge in [0.1, 0.15) is 11.5 Å². The van der Waals surface area contributed by atoms with Crippen molar-refractivity contribution in [1.29, 1.82) is 0 Å². The molecule has 0 saturated carbocycles. The van der Waals surface area contributed by atoms with Gasteiger partial charge in [-0.15, -0.1) is 0 Å². The van der Waals surface area contributed by atoms with E-state index in [1.54, 1.807) is 24.3 Å². The standard InChI is InChI=1S/C20H21F3N2O4/c1-27-15-3-5-16(6-4-15)29-13-19(26)24-17-12-14(20(21,22)23)2-7-18(17)25-8-10-28-11-9-25/h2-7,12H,8-11,13H2,1H3,(H,24,26). The number of halogens is 3. The van der Waals surface area contributed by atoms with E-state index in [1.807, 2.05) is 4.90 Å². The minimum atomic E-state index is -4.51. The number of ether oxygens (including phenoxy) is 3. The molecule has 1 fully saturated rings. The van der Waals surface area contributed by atoms with E-state index in [0.717, 1.165) is 12.1 Å². The van der Waals surface area contributed by atoms with E-state index in [2.05, 4.69) is 5.32 Å². The summed E-state index contributed by atoms with van der Waals surface area (Å²) in [5.74, 6) is 0.522. The molecule has 0 atom stereocenters. The van der Waals surface area contributed by atoms with E-state index >= 15 is 0 Å². The molecule has 1 aliphatic rings. The first kappa shape index (κ1) is 20.8. The van der Waals surface area contributed by atoms with Gasteiger partial charge >= 0.3 is 6.18 Å². The summed E-state index contributed by atoms with van der Waals surface area (Å²) in [6.45, 7) is 1.64. The number of methoxy groups -OCH3 is 1. The molecule has 1 aliphatic heterocycles. The van der Waals surface area contributed by atoms with Crippen LogP contribution in [0.15, 0.2) is 42.5 Å². The molecule has 2 aromatic carbocycles. The second-order valence-electron chi connectivity index (χ2n) is 6.34. The minimum absolute atomic E-state index is 0.0880. The first-order valence-electron chi connectivity index (χ1n) is 8.97. The molecule has 0 spiro atoms. The third-order valence-electron chi connectivity index (χ3n) is 4.38. The number of nitrogens with zero attached hydrogens (tertiary/aromatic N) is 1. The molecule has 1 N–H and O–H groups in total.